The van der Waals surface area contributed by atoms with Crippen molar-refractivity contribution in [1.29, 1.82) is 0 Å². The molecule has 0 aromatic carbocycles. The van der Waals surface area contributed by atoms with Gasteiger partial charge in [0.1, 0.15) is 0 Å². The number of nitrogens with one attached hydrogen (secondary N) is 1. The van der Waals surface area contributed by atoms with Crippen molar-refractivity contribution < 1.29 is 4.74 Å². The van der Waals surface area contributed by atoms with Crippen molar-refractivity contribution in [3.63, 3.8) is 0 Å². The van der Waals surface area contributed by atoms with E-state index >= 15 is 0 Å². The molecule has 1 aromatic rings. The topological polar surface area (TPSA) is 47.3 Å². The van der Waals surface area contributed by atoms with Crippen molar-refractivity contribution in [3.05, 3.63) is 22.4 Å². The van der Waals surface area contributed by atoms with Gasteiger partial charge >= 0.3 is 0 Å². The molecule has 0 fully saturated rings. The summed E-state index contributed by atoms with van der Waals surface area (Å²) >= 11 is 1.72. The Labute approximate surface area is 82.9 Å². The molecule has 3 nitrogen and oxygen atoms in total. The quantitative estimate of drug-likeness (QED) is 0.640. The van der Waals surface area contributed by atoms with E-state index in [2.05, 4.69) is 22.1 Å². The van der Waals surface area contributed by atoms with E-state index in [1.165, 1.54) is 5.56 Å². The van der Waals surface area contributed by atoms with Crippen LogP contribution in [0.1, 0.15) is 5.56 Å². The molecule has 1 heterocycles. The van der Waals surface area contributed by atoms with Gasteiger partial charge in [0, 0.05) is 19.6 Å². The zero-order valence-corrected chi connectivity index (χ0v) is 8.48. The fourth-order valence-electron chi connectivity index (χ4n) is 0.956. The Hall–Kier alpha value is -0.420. The molecule has 0 unspecified atom stereocenters. The van der Waals surface area contributed by atoms with Gasteiger partial charge in [0.05, 0.1) is 13.2 Å². The molecule has 0 saturated carbocycles. The second-order valence-electron chi connectivity index (χ2n) is 2.71. The van der Waals surface area contributed by atoms with E-state index in [4.69, 9.17) is 10.5 Å². The van der Waals surface area contributed by atoms with Crippen molar-refractivity contribution in [2.75, 3.05) is 26.3 Å². The minimum Gasteiger partial charge on any atom is -0.379 e. The fourth-order valence-corrected chi connectivity index (χ4v) is 1.62. The van der Waals surface area contributed by atoms with E-state index < -0.39 is 0 Å². The number of rotatable bonds is 7. The summed E-state index contributed by atoms with van der Waals surface area (Å²) in [4.78, 5) is 0. The molecule has 4 heteroatoms. The average Bonchev–Trinajstić information content (AvgIpc) is 2.63. The largest absolute Gasteiger partial charge is 0.379 e. The third-order valence-electron chi connectivity index (χ3n) is 1.59. The van der Waals surface area contributed by atoms with Crippen LogP contribution >= 0.6 is 11.3 Å². The molecular weight excluding hydrogens is 184 g/mol. The monoisotopic (exact) mass is 200 g/mol. The smallest absolute Gasteiger partial charge is 0.0591 e. The summed E-state index contributed by atoms with van der Waals surface area (Å²) in [6, 6.07) is 2.12. The van der Waals surface area contributed by atoms with E-state index in [0.29, 0.717) is 13.2 Å². The molecule has 0 spiro atoms. The normalized spacial score (nSPS) is 10.5. The molecule has 1 aromatic heterocycles. The predicted molar refractivity (Wildman–Crippen MR) is 55.9 cm³/mol. The van der Waals surface area contributed by atoms with Crippen LogP contribution in [0.2, 0.25) is 0 Å². The van der Waals surface area contributed by atoms with Gasteiger partial charge in [-0.2, -0.15) is 11.3 Å². The molecule has 0 aliphatic rings. The lowest BCUT2D eigenvalue weighted by atomic mass is 10.3. The predicted octanol–water partition coefficient (Wildman–Crippen LogP) is 0.813. The molecule has 0 aliphatic heterocycles. The van der Waals surface area contributed by atoms with Crippen molar-refractivity contribution in [2.45, 2.75) is 6.54 Å². The third-order valence-corrected chi connectivity index (χ3v) is 2.33. The maximum atomic E-state index is 5.28. The van der Waals surface area contributed by atoms with Crippen LogP contribution in [0.25, 0.3) is 0 Å². The number of hydrogen-bond donors (Lipinski definition) is 2. The number of ether oxygens (including phenoxy) is 1. The van der Waals surface area contributed by atoms with Gasteiger partial charge in [-0.1, -0.05) is 0 Å². The van der Waals surface area contributed by atoms with Gasteiger partial charge in [0.25, 0.3) is 0 Å². The highest BCUT2D eigenvalue weighted by Crippen LogP contribution is 2.04. The van der Waals surface area contributed by atoms with E-state index in [1.807, 2.05) is 0 Å². The molecule has 0 aliphatic carbocycles. The maximum Gasteiger partial charge on any atom is 0.0591 e. The molecule has 0 bridgehead atoms. The van der Waals surface area contributed by atoms with Gasteiger partial charge < -0.3 is 15.8 Å². The molecule has 0 radical (unpaired) electrons. The molecule has 1 rings (SSSR count). The van der Waals surface area contributed by atoms with Crippen LogP contribution in [0.5, 0.6) is 0 Å². The summed E-state index contributed by atoms with van der Waals surface area (Å²) in [5.41, 5.74) is 6.61. The molecule has 74 valence electrons. The summed E-state index contributed by atoms with van der Waals surface area (Å²) in [5, 5.41) is 7.52. The Morgan fingerprint density at radius 1 is 1.46 bits per heavy atom. The van der Waals surface area contributed by atoms with Gasteiger partial charge in [0.15, 0.2) is 0 Å². The molecule has 0 saturated heterocycles. The molecule has 0 atom stereocenters. The number of nitrogens with two attached hydrogens (primary N) is 1. The first-order valence-corrected chi connectivity index (χ1v) is 5.37. The van der Waals surface area contributed by atoms with E-state index in [1.54, 1.807) is 11.3 Å². The van der Waals surface area contributed by atoms with Gasteiger partial charge in [-0.05, 0) is 22.4 Å². The van der Waals surface area contributed by atoms with Gasteiger partial charge in [-0.25, -0.2) is 0 Å². The van der Waals surface area contributed by atoms with Gasteiger partial charge in [0.2, 0.25) is 0 Å². The molecule has 3 N–H and O–H groups in total. The van der Waals surface area contributed by atoms with E-state index in [9.17, 15) is 0 Å². The minimum absolute atomic E-state index is 0.602. The maximum absolute atomic E-state index is 5.28. The first-order chi connectivity index (χ1) is 6.43. The highest BCUT2D eigenvalue weighted by atomic mass is 32.1. The Kier molecular flexibility index (Phi) is 5.76. The van der Waals surface area contributed by atoms with Crippen LogP contribution in [0.3, 0.4) is 0 Å². The molecule has 0 amide bonds. The highest BCUT2D eigenvalue weighted by Gasteiger charge is 1.91. The number of thiophene rings is 1. The minimum atomic E-state index is 0.602. The number of hydrogen-bond acceptors (Lipinski definition) is 4. The Balaban J connectivity index is 1.90. The Morgan fingerprint density at radius 2 is 2.38 bits per heavy atom. The second kappa shape index (κ2) is 7.03. The zero-order valence-electron chi connectivity index (χ0n) is 7.66. The Bertz CT molecular complexity index is 201. The molecule has 13 heavy (non-hydrogen) atoms. The first kappa shape index (κ1) is 10.7. The lowest BCUT2D eigenvalue weighted by Gasteiger charge is -2.03. The SMILES string of the molecule is NCCOCCNCc1ccsc1. The third kappa shape index (κ3) is 5.00. The van der Waals surface area contributed by atoms with Crippen LogP contribution in [-0.2, 0) is 11.3 Å². The van der Waals surface area contributed by atoms with Crippen LogP contribution < -0.4 is 11.1 Å². The summed E-state index contributed by atoms with van der Waals surface area (Å²) in [5.74, 6) is 0. The van der Waals surface area contributed by atoms with Crippen LogP contribution in [0.15, 0.2) is 16.8 Å². The van der Waals surface area contributed by atoms with Gasteiger partial charge in [-0.3, -0.25) is 0 Å². The van der Waals surface area contributed by atoms with Crippen molar-refractivity contribution in [1.82, 2.24) is 5.32 Å². The first-order valence-electron chi connectivity index (χ1n) is 4.43. The lowest BCUT2D eigenvalue weighted by molar-refractivity contribution is 0.143. The molecular formula is C9H16N2OS. The van der Waals surface area contributed by atoms with Crippen LogP contribution in [0, 0.1) is 0 Å². The van der Waals surface area contributed by atoms with Crippen molar-refractivity contribution in [2.24, 2.45) is 5.73 Å². The van der Waals surface area contributed by atoms with Crippen LogP contribution in [-0.4, -0.2) is 26.3 Å². The lowest BCUT2D eigenvalue weighted by Crippen LogP contribution is -2.20. The highest BCUT2D eigenvalue weighted by molar-refractivity contribution is 7.07. The van der Waals surface area contributed by atoms with E-state index in [0.717, 1.165) is 19.7 Å². The van der Waals surface area contributed by atoms with Gasteiger partial charge in [-0.15, -0.1) is 0 Å². The van der Waals surface area contributed by atoms with Crippen molar-refractivity contribution in [3.8, 4) is 0 Å². The fraction of sp³-hybridized carbons (Fsp3) is 0.556. The summed E-state index contributed by atoms with van der Waals surface area (Å²) in [7, 11) is 0. The second-order valence-corrected chi connectivity index (χ2v) is 3.49. The Morgan fingerprint density at radius 3 is 3.08 bits per heavy atom. The van der Waals surface area contributed by atoms with Crippen LogP contribution in [0.4, 0.5) is 0 Å². The standard InChI is InChI=1S/C9H16N2OS/c10-2-4-12-5-3-11-7-9-1-6-13-8-9/h1,6,8,11H,2-5,7,10H2. The van der Waals surface area contributed by atoms with E-state index in [-0.39, 0.29) is 0 Å². The van der Waals surface area contributed by atoms with Crippen molar-refractivity contribution >= 4 is 11.3 Å². The summed E-state index contributed by atoms with van der Waals surface area (Å²) in [6.07, 6.45) is 0. The summed E-state index contributed by atoms with van der Waals surface area (Å²) < 4.78 is 5.22. The summed E-state index contributed by atoms with van der Waals surface area (Å²) in [6.45, 7) is 3.80. The average molecular weight is 200 g/mol. The zero-order chi connectivity index (χ0) is 9.36.